The lowest BCUT2D eigenvalue weighted by atomic mass is 10.0. The normalized spacial score (nSPS) is 19.3. The molecule has 1 aliphatic heterocycles. The molecular weight excluding hydrogens is 324 g/mol. The van der Waals surface area contributed by atoms with Gasteiger partial charge in [0.15, 0.2) is 0 Å². The largest absolute Gasteiger partial charge is 0.469 e. The van der Waals surface area contributed by atoms with Gasteiger partial charge in [-0.05, 0) is 25.0 Å². The molecular formula is C14H18N2O6S. The number of non-ortho nitro benzene ring substituents is 1. The van der Waals surface area contributed by atoms with E-state index in [1.807, 2.05) is 0 Å². The summed E-state index contributed by atoms with van der Waals surface area (Å²) in [6.07, 6.45) is 2.14. The number of carbonyl (C=O) groups excluding carboxylic acids is 1. The van der Waals surface area contributed by atoms with Gasteiger partial charge in [-0.25, -0.2) is 8.42 Å². The number of hydrogen-bond acceptors (Lipinski definition) is 6. The number of carbonyl (C=O) groups is 1. The Labute approximate surface area is 134 Å². The first-order chi connectivity index (χ1) is 10.9. The second-order valence-electron chi connectivity index (χ2n) is 5.30. The molecule has 0 aromatic heterocycles. The minimum Gasteiger partial charge on any atom is -0.469 e. The van der Waals surface area contributed by atoms with Crippen molar-refractivity contribution < 1.29 is 22.9 Å². The molecule has 1 aromatic carbocycles. The standard InChI is InChI=1S/C14H18N2O6S/c1-22-14(17)10-12-4-2-3-9-15(12)23(20,21)13-7-5-11(6-8-13)16(18)19/h5-8,12H,2-4,9-10H2,1H3. The van der Waals surface area contributed by atoms with Gasteiger partial charge in [0, 0.05) is 24.7 Å². The number of esters is 1. The lowest BCUT2D eigenvalue weighted by molar-refractivity contribution is -0.384. The topological polar surface area (TPSA) is 107 Å². The summed E-state index contributed by atoms with van der Waals surface area (Å²) in [7, 11) is -2.54. The highest BCUT2D eigenvalue weighted by Gasteiger charge is 2.35. The molecule has 0 amide bonds. The Balaban J connectivity index is 2.28. The maximum atomic E-state index is 12.8. The summed E-state index contributed by atoms with van der Waals surface area (Å²) in [5, 5.41) is 10.7. The predicted octanol–water partition coefficient (Wildman–Crippen LogP) is 1.70. The SMILES string of the molecule is COC(=O)CC1CCCCN1S(=O)(=O)c1ccc([N+](=O)[O-])cc1. The van der Waals surface area contributed by atoms with E-state index in [0.717, 1.165) is 18.6 Å². The molecule has 126 valence electrons. The molecule has 1 unspecified atom stereocenters. The average molecular weight is 342 g/mol. The Morgan fingerprint density at radius 1 is 1.35 bits per heavy atom. The van der Waals surface area contributed by atoms with Gasteiger partial charge in [0.25, 0.3) is 5.69 Å². The van der Waals surface area contributed by atoms with Crippen LogP contribution in [0.5, 0.6) is 0 Å². The minimum atomic E-state index is -3.80. The van der Waals surface area contributed by atoms with Crippen molar-refractivity contribution in [3.8, 4) is 0 Å². The van der Waals surface area contributed by atoms with E-state index in [1.54, 1.807) is 0 Å². The summed E-state index contributed by atoms with van der Waals surface area (Å²) >= 11 is 0. The van der Waals surface area contributed by atoms with Gasteiger partial charge in [-0.2, -0.15) is 4.31 Å². The molecule has 0 spiro atoms. The molecule has 2 rings (SSSR count). The first-order valence-corrected chi connectivity index (χ1v) is 8.63. The summed E-state index contributed by atoms with van der Waals surface area (Å²) in [5.41, 5.74) is -0.172. The second-order valence-corrected chi connectivity index (χ2v) is 7.19. The lowest BCUT2D eigenvalue weighted by Crippen LogP contribution is -2.44. The van der Waals surface area contributed by atoms with Gasteiger partial charge < -0.3 is 4.74 Å². The van der Waals surface area contributed by atoms with Crippen molar-refractivity contribution >= 4 is 21.7 Å². The summed E-state index contributed by atoms with van der Waals surface area (Å²) in [4.78, 5) is 21.6. The first kappa shape index (κ1) is 17.4. The van der Waals surface area contributed by atoms with E-state index in [4.69, 9.17) is 0 Å². The molecule has 0 radical (unpaired) electrons. The summed E-state index contributed by atoms with van der Waals surface area (Å²) in [6.45, 7) is 0.320. The van der Waals surface area contributed by atoms with Gasteiger partial charge in [-0.1, -0.05) is 6.42 Å². The monoisotopic (exact) mass is 342 g/mol. The van der Waals surface area contributed by atoms with Crippen LogP contribution in [0.15, 0.2) is 29.2 Å². The Bertz CT molecular complexity index is 686. The highest BCUT2D eigenvalue weighted by atomic mass is 32.2. The van der Waals surface area contributed by atoms with E-state index in [-0.39, 0.29) is 17.0 Å². The van der Waals surface area contributed by atoms with Crippen LogP contribution < -0.4 is 0 Å². The van der Waals surface area contributed by atoms with Crippen LogP contribution >= 0.6 is 0 Å². The van der Waals surface area contributed by atoms with Crippen LogP contribution in [-0.2, 0) is 19.6 Å². The van der Waals surface area contributed by atoms with Gasteiger partial charge in [-0.3, -0.25) is 14.9 Å². The molecule has 23 heavy (non-hydrogen) atoms. The van der Waals surface area contributed by atoms with E-state index in [2.05, 4.69) is 4.74 Å². The molecule has 0 N–H and O–H groups in total. The molecule has 0 saturated carbocycles. The molecule has 1 aromatic rings. The van der Waals surface area contributed by atoms with Crippen LogP contribution in [0.25, 0.3) is 0 Å². The number of rotatable bonds is 5. The van der Waals surface area contributed by atoms with E-state index >= 15 is 0 Å². The van der Waals surface area contributed by atoms with E-state index in [1.165, 1.54) is 23.5 Å². The predicted molar refractivity (Wildman–Crippen MR) is 81.3 cm³/mol. The molecule has 9 heteroatoms. The van der Waals surface area contributed by atoms with E-state index in [0.29, 0.717) is 19.4 Å². The number of nitrogens with zero attached hydrogens (tertiary/aromatic N) is 2. The molecule has 1 fully saturated rings. The quantitative estimate of drug-likeness (QED) is 0.458. The zero-order valence-corrected chi connectivity index (χ0v) is 13.5. The van der Waals surface area contributed by atoms with Gasteiger partial charge in [0.2, 0.25) is 10.0 Å². The molecule has 8 nitrogen and oxygen atoms in total. The number of benzene rings is 1. The number of piperidine rings is 1. The fraction of sp³-hybridized carbons (Fsp3) is 0.500. The Kier molecular flexibility index (Phi) is 5.32. The highest BCUT2D eigenvalue weighted by Crippen LogP contribution is 2.28. The number of nitro benzene ring substituents is 1. The zero-order valence-electron chi connectivity index (χ0n) is 12.7. The van der Waals surface area contributed by atoms with Crippen LogP contribution in [0.2, 0.25) is 0 Å². The van der Waals surface area contributed by atoms with Crippen molar-refractivity contribution in [1.29, 1.82) is 0 Å². The van der Waals surface area contributed by atoms with Crippen molar-refractivity contribution in [2.24, 2.45) is 0 Å². The number of ether oxygens (including phenoxy) is 1. The smallest absolute Gasteiger partial charge is 0.307 e. The third-order valence-corrected chi connectivity index (χ3v) is 5.82. The van der Waals surface area contributed by atoms with Crippen molar-refractivity contribution in [2.75, 3.05) is 13.7 Å². The van der Waals surface area contributed by atoms with Crippen LogP contribution in [0, 0.1) is 10.1 Å². The van der Waals surface area contributed by atoms with E-state index < -0.39 is 27.0 Å². The number of hydrogen-bond donors (Lipinski definition) is 0. The molecule has 0 aliphatic carbocycles. The van der Waals surface area contributed by atoms with Gasteiger partial charge >= 0.3 is 5.97 Å². The fourth-order valence-electron chi connectivity index (χ4n) is 2.65. The third kappa shape index (κ3) is 3.85. The average Bonchev–Trinajstić information content (AvgIpc) is 2.55. The lowest BCUT2D eigenvalue weighted by Gasteiger charge is -2.34. The summed E-state index contributed by atoms with van der Waals surface area (Å²) in [5.74, 6) is -0.458. The van der Waals surface area contributed by atoms with E-state index in [9.17, 15) is 23.3 Å². The van der Waals surface area contributed by atoms with Crippen LogP contribution in [0.3, 0.4) is 0 Å². The molecule has 1 aliphatic rings. The maximum absolute atomic E-state index is 12.8. The third-order valence-electron chi connectivity index (χ3n) is 3.86. The Morgan fingerprint density at radius 2 is 2.00 bits per heavy atom. The molecule has 0 bridgehead atoms. The van der Waals surface area contributed by atoms with Crippen LogP contribution in [0.4, 0.5) is 5.69 Å². The van der Waals surface area contributed by atoms with Gasteiger partial charge in [-0.15, -0.1) is 0 Å². The van der Waals surface area contributed by atoms with Gasteiger partial charge in [0.1, 0.15) is 0 Å². The number of methoxy groups -OCH3 is 1. The first-order valence-electron chi connectivity index (χ1n) is 7.19. The highest BCUT2D eigenvalue weighted by molar-refractivity contribution is 7.89. The van der Waals surface area contributed by atoms with Crippen molar-refractivity contribution in [2.45, 2.75) is 36.6 Å². The van der Waals surface area contributed by atoms with Crippen LogP contribution in [0.1, 0.15) is 25.7 Å². The zero-order chi connectivity index (χ0) is 17.0. The summed E-state index contributed by atoms with van der Waals surface area (Å²) < 4.78 is 31.4. The van der Waals surface area contributed by atoms with Crippen molar-refractivity contribution in [3.05, 3.63) is 34.4 Å². The van der Waals surface area contributed by atoms with Crippen LogP contribution in [-0.4, -0.2) is 43.3 Å². The number of nitro groups is 1. The summed E-state index contributed by atoms with van der Waals surface area (Å²) in [6, 6.07) is 4.31. The van der Waals surface area contributed by atoms with Crippen molar-refractivity contribution in [1.82, 2.24) is 4.31 Å². The Hall–Kier alpha value is -2.00. The maximum Gasteiger partial charge on any atom is 0.307 e. The molecule has 1 saturated heterocycles. The van der Waals surface area contributed by atoms with Crippen molar-refractivity contribution in [3.63, 3.8) is 0 Å². The second kappa shape index (κ2) is 7.05. The van der Waals surface area contributed by atoms with Gasteiger partial charge in [0.05, 0.1) is 23.3 Å². The fourth-order valence-corrected chi connectivity index (χ4v) is 4.34. The minimum absolute atomic E-state index is 0.00269. The Morgan fingerprint density at radius 3 is 2.57 bits per heavy atom. The molecule has 1 heterocycles. The number of sulfonamides is 1. The molecule has 1 atom stereocenters.